The van der Waals surface area contributed by atoms with E-state index in [0.29, 0.717) is 0 Å². The standard InChI is InChI=1S/C19H17N3O5/c1-11-7-13(8-12(2)17(11)23)14-9-20-18(21-10-14)19(24)27-16-5-3-15(4-6-16)22(25)26/h3-10,19,23-24H,1-2H3. The first-order valence-electron chi connectivity index (χ1n) is 8.07. The minimum Gasteiger partial charge on any atom is -0.507 e. The highest BCUT2D eigenvalue weighted by atomic mass is 16.6. The number of non-ortho nitro benzene ring substituents is 1. The Morgan fingerprint density at radius 1 is 1.04 bits per heavy atom. The SMILES string of the molecule is Cc1cc(-c2cnc(C(O)Oc3ccc([N+](=O)[O-])cc3)nc2)cc(C)c1O. The van der Waals surface area contributed by atoms with E-state index < -0.39 is 11.2 Å². The topological polar surface area (TPSA) is 119 Å². The molecule has 0 aliphatic carbocycles. The van der Waals surface area contributed by atoms with Crippen LogP contribution in [0.5, 0.6) is 11.5 Å². The molecule has 0 fully saturated rings. The van der Waals surface area contributed by atoms with Crippen LogP contribution < -0.4 is 4.74 Å². The lowest BCUT2D eigenvalue weighted by atomic mass is 10.0. The van der Waals surface area contributed by atoms with Crippen molar-refractivity contribution < 1.29 is 19.9 Å². The molecule has 8 heteroatoms. The number of rotatable bonds is 5. The fraction of sp³-hybridized carbons (Fsp3) is 0.158. The summed E-state index contributed by atoms with van der Waals surface area (Å²) in [5.74, 6) is 0.568. The summed E-state index contributed by atoms with van der Waals surface area (Å²) >= 11 is 0. The zero-order chi connectivity index (χ0) is 19.6. The van der Waals surface area contributed by atoms with Gasteiger partial charge in [0.25, 0.3) is 12.0 Å². The third kappa shape index (κ3) is 4.01. The van der Waals surface area contributed by atoms with Crippen LogP contribution >= 0.6 is 0 Å². The molecule has 0 spiro atoms. The molecule has 27 heavy (non-hydrogen) atoms. The summed E-state index contributed by atoms with van der Waals surface area (Å²) in [6.07, 6.45) is 1.69. The van der Waals surface area contributed by atoms with E-state index in [1.165, 1.54) is 24.3 Å². The summed E-state index contributed by atoms with van der Waals surface area (Å²) < 4.78 is 5.31. The molecule has 0 amide bonds. The van der Waals surface area contributed by atoms with E-state index in [4.69, 9.17) is 4.74 Å². The lowest BCUT2D eigenvalue weighted by Crippen LogP contribution is -2.10. The Morgan fingerprint density at radius 2 is 1.59 bits per heavy atom. The number of aryl methyl sites for hydroxylation is 2. The molecule has 0 aliphatic heterocycles. The Labute approximate surface area is 154 Å². The van der Waals surface area contributed by atoms with Crippen LogP contribution in [0.25, 0.3) is 11.1 Å². The third-order valence-electron chi connectivity index (χ3n) is 4.01. The van der Waals surface area contributed by atoms with Crippen LogP contribution in [0.4, 0.5) is 5.69 Å². The van der Waals surface area contributed by atoms with E-state index in [-0.39, 0.29) is 23.0 Å². The molecule has 3 aromatic rings. The van der Waals surface area contributed by atoms with Crippen molar-refractivity contribution >= 4 is 5.69 Å². The second-order valence-electron chi connectivity index (χ2n) is 6.01. The lowest BCUT2D eigenvalue weighted by molar-refractivity contribution is -0.384. The van der Waals surface area contributed by atoms with Crippen LogP contribution in [-0.2, 0) is 0 Å². The Kier molecular flexibility index (Phi) is 5.00. The van der Waals surface area contributed by atoms with E-state index in [0.717, 1.165) is 22.3 Å². The largest absolute Gasteiger partial charge is 0.507 e. The van der Waals surface area contributed by atoms with Crippen molar-refractivity contribution in [3.63, 3.8) is 0 Å². The van der Waals surface area contributed by atoms with Crippen molar-refractivity contribution in [1.82, 2.24) is 9.97 Å². The number of nitrogens with zero attached hydrogens (tertiary/aromatic N) is 3. The van der Waals surface area contributed by atoms with Gasteiger partial charge in [0, 0.05) is 30.1 Å². The van der Waals surface area contributed by atoms with Crippen molar-refractivity contribution in [2.24, 2.45) is 0 Å². The minimum absolute atomic E-state index is 0.0596. The molecule has 2 aromatic carbocycles. The maximum Gasteiger partial charge on any atom is 0.269 e. The summed E-state index contributed by atoms with van der Waals surface area (Å²) in [6, 6.07) is 8.98. The quantitative estimate of drug-likeness (QED) is 0.403. The number of aliphatic hydroxyl groups excluding tert-OH is 1. The number of ether oxygens (including phenoxy) is 1. The van der Waals surface area contributed by atoms with Crippen molar-refractivity contribution in [2.45, 2.75) is 20.1 Å². The number of benzene rings is 2. The first-order valence-corrected chi connectivity index (χ1v) is 8.07. The molecule has 0 radical (unpaired) electrons. The number of nitro groups is 1. The van der Waals surface area contributed by atoms with Gasteiger partial charge in [0.15, 0.2) is 5.82 Å². The predicted octanol–water partition coefficient (Wildman–Crippen LogP) is 3.44. The molecule has 1 aromatic heterocycles. The number of hydrogen-bond acceptors (Lipinski definition) is 7. The Morgan fingerprint density at radius 3 is 2.11 bits per heavy atom. The van der Waals surface area contributed by atoms with Crippen LogP contribution in [0.3, 0.4) is 0 Å². The van der Waals surface area contributed by atoms with Gasteiger partial charge in [0.2, 0.25) is 0 Å². The Bertz CT molecular complexity index is 949. The first kappa shape index (κ1) is 18.3. The number of hydrogen-bond donors (Lipinski definition) is 2. The lowest BCUT2D eigenvalue weighted by Gasteiger charge is -2.13. The van der Waals surface area contributed by atoms with Crippen LogP contribution in [0.15, 0.2) is 48.8 Å². The maximum atomic E-state index is 10.6. The summed E-state index contributed by atoms with van der Waals surface area (Å²) in [6.45, 7) is 3.62. The van der Waals surface area contributed by atoms with E-state index >= 15 is 0 Å². The third-order valence-corrected chi connectivity index (χ3v) is 4.01. The normalized spacial score (nSPS) is 11.8. The molecule has 8 nitrogen and oxygen atoms in total. The molecule has 1 heterocycles. The van der Waals surface area contributed by atoms with Crippen molar-refractivity contribution in [3.05, 3.63) is 75.9 Å². The van der Waals surface area contributed by atoms with Crippen molar-refractivity contribution in [1.29, 1.82) is 0 Å². The number of aromatic hydroxyl groups is 1. The molecule has 0 aliphatic rings. The number of aliphatic hydroxyl groups is 1. The van der Waals surface area contributed by atoms with Crippen molar-refractivity contribution in [3.8, 4) is 22.6 Å². The van der Waals surface area contributed by atoms with Crippen LogP contribution in [0, 0.1) is 24.0 Å². The van der Waals surface area contributed by atoms with Gasteiger partial charge in [-0.15, -0.1) is 0 Å². The second kappa shape index (κ2) is 7.38. The van der Waals surface area contributed by atoms with Gasteiger partial charge in [-0.3, -0.25) is 10.1 Å². The van der Waals surface area contributed by atoms with E-state index in [1.807, 2.05) is 26.0 Å². The highest BCUT2D eigenvalue weighted by Crippen LogP contribution is 2.29. The molecule has 0 saturated heterocycles. The molecule has 138 valence electrons. The minimum atomic E-state index is -1.41. The average molecular weight is 367 g/mol. The van der Waals surface area contributed by atoms with Gasteiger partial charge in [-0.05, 0) is 54.8 Å². The molecule has 0 saturated carbocycles. The second-order valence-corrected chi connectivity index (χ2v) is 6.01. The first-order chi connectivity index (χ1) is 12.8. The number of phenolic OH excluding ortho intramolecular Hbond substituents is 1. The van der Waals surface area contributed by atoms with Gasteiger partial charge in [-0.2, -0.15) is 0 Å². The average Bonchev–Trinajstić information content (AvgIpc) is 2.66. The molecule has 3 rings (SSSR count). The van der Waals surface area contributed by atoms with E-state index in [1.54, 1.807) is 12.4 Å². The summed E-state index contributed by atoms with van der Waals surface area (Å²) in [5, 5.41) is 30.6. The number of nitro benzene ring substituents is 1. The zero-order valence-corrected chi connectivity index (χ0v) is 14.7. The Hall–Kier alpha value is -3.52. The van der Waals surface area contributed by atoms with Crippen LogP contribution in [0.2, 0.25) is 0 Å². The van der Waals surface area contributed by atoms with Gasteiger partial charge in [-0.1, -0.05) is 0 Å². The summed E-state index contributed by atoms with van der Waals surface area (Å²) in [4.78, 5) is 18.4. The number of aromatic nitrogens is 2. The fourth-order valence-corrected chi connectivity index (χ4v) is 2.57. The highest BCUT2D eigenvalue weighted by molar-refractivity contribution is 5.65. The fourth-order valence-electron chi connectivity index (χ4n) is 2.57. The van der Waals surface area contributed by atoms with E-state index in [2.05, 4.69) is 9.97 Å². The van der Waals surface area contributed by atoms with Gasteiger partial charge < -0.3 is 14.9 Å². The van der Waals surface area contributed by atoms with Crippen molar-refractivity contribution in [2.75, 3.05) is 0 Å². The smallest absolute Gasteiger partial charge is 0.269 e. The van der Waals surface area contributed by atoms with Crippen LogP contribution in [-0.4, -0.2) is 25.1 Å². The maximum absolute atomic E-state index is 10.6. The van der Waals surface area contributed by atoms with Gasteiger partial charge in [0.1, 0.15) is 11.5 Å². The van der Waals surface area contributed by atoms with E-state index in [9.17, 15) is 20.3 Å². The zero-order valence-electron chi connectivity index (χ0n) is 14.7. The van der Waals surface area contributed by atoms with Crippen LogP contribution in [0.1, 0.15) is 23.2 Å². The predicted molar refractivity (Wildman–Crippen MR) is 97.3 cm³/mol. The summed E-state index contributed by atoms with van der Waals surface area (Å²) in [7, 11) is 0. The number of phenols is 1. The molecule has 0 bridgehead atoms. The van der Waals surface area contributed by atoms with Gasteiger partial charge >= 0.3 is 0 Å². The molecule has 1 unspecified atom stereocenters. The molecule has 2 N–H and O–H groups in total. The monoisotopic (exact) mass is 367 g/mol. The Balaban J connectivity index is 1.75. The van der Waals surface area contributed by atoms with Gasteiger partial charge in [-0.25, -0.2) is 9.97 Å². The molecule has 1 atom stereocenters. The summed E-state index contributed by atoms with van der Waals surface area (Å²) in [5.41, 5.74) is 3.00. The molecular formula is C19H17N3O5. The molecular weight excluding hydrogens is 350 g/mol. The highest BCUT2D eigenvalue weighted by Gasteiger charge is 2.14. The van der Waals surface area contributed by atoms with Gasteiger partial charge in [0.05, 0.1) is 4.92 Å².